The molecule has 1 aromatic carbocycles. The molecule has 4 nitrogen and oxygen atoms in total. The summed E-state index contributed by atoms with van der Waals surface area (Å²) in [7, 11) is 1.11. The first kappa shape index (κ1) is 16.7. The number of alkyl halides is 3. The van der Waals surface area contributed by atoms with Crippen LogP contribution in [0.1, 0.15) is 18.1 Å². The molecule has 0 radical (unpaired) electrons. The number of carbonyl (C=O) groups is 1. The van der Waals surface area contributed by atoms with E-state index in [1.807, 2.05) is 0 Å². The Balaban J connectivity index is 2.93. The summed E-state index contributed by atoms with van der Waals surface area (Å²) in [4.78, 5) is 11.4. The number of allylic oxidation sites excluding steroid dienone is 1. The Morgan fingerprint density at radius 1 is 1.29 bits per heavy atom. The van der Waals surface area contributed by atoms with E-state index in [4.69, 9.17) is 5.41 Å². The Bertz CT molecular complexity index is 570. The van der Waals surface area contributed by atoms with Crippen molar-refractivity contribution in [3.8, 4) is 0 Å². The van der Waals surface area contributed by atoms with Gasteiger partial charge in [-0.2, -0.15) is 13.2 Å². The van der Waals surface area contributed by atoms with E-state index < -0.39 is 17.7 Å². The SMILES string of the molecule is COC(=O)/C(C(=N)Cc1ccc(C(F)(F)F)cc1)=C(\C)O. The third kappa shape index (κ3) is 4.34. The molecule has 1 rings (SSSR count). The summed E-state index contributed by atoms with van der Waals surface area (Å²) in [6.07, 6.45) is -4.52. The fourth-order valence-electron chi connectivity index (χ4n) is 1.70. The Morgan fingerprint density at radius 3 is 2.19 bits per heavy atom. The molecule has 0 saturated heterocycles. The zero-order valence-electron chi connectivity index (χ0n) is 11.4. The number of carbonyl (C=O) groups excluding carboxylic acids is 1. The largest absolute Gasteiger partial charge is 0.512 e. The maximum atomic E-state index is 12.4. The Hall–Kier alpha value is -2.31. The van der Waals surface area contributed by atoms with Crippen LogP contribution in [0, 0.1) is 5.41 Å². The van der Waals surface area contributed by atoms with Gasteiger partial charge in [-0.3, -0.25) is 0 Å². The van der Waals surface area contributed by atoms with Crippen molar-refractivity contribution < 1.29 is 27.8 Å². The van der Waals surface area contributed by atoms with Gasteiger partial charge in [-0.25, -0.2) is 4.79 Å². The first-order chi connectivity index (χ1) is 9.66. The smallest absolute Gasteiger partial charge is 0.416 e. The summed E-state index contributed by atoms with van der Waals surface area (Å²) in [5, 5.41) is 17.2. The van der Waals surface area contributed by atoms with Crippen LogP contribution in [0.25, 0.3) is 0 Å². The number of rotatable bonds is 4. The number of halogens is 3. The molecule has 0 aliphatic heterocycles. The molecule has 21 heavy (non-hydrogen) atoms. The van der Waals surface area contributed by atoms with Crippen LogP contribution < -0.4 is 0 Å². The number of nitrogens with one attached hydrogen (secondary N) is 1. The topological polar surface area (TPSA) is 70.4 Å². The van der Waals surface area contributed by atoms with Gasteiger partial charge in [0.05, 0.1) is 18.4 Å². The lowest BCUT2D eigenvalue weighted by Gasteiger charge is -2.10. The molecule has 0 bridgehead atoms. The van der Waals surface area contributed by atoms with Gasteiger partial charge >= 0.3 is 12.1 Å². The van der Waals surface area contributed by atoms with Crippen molar-refractivity contribution in [2.24, 2.45) is 0 Å². The lowest BCUT2D eigenvalue weighted by atomic mass is 10.0. The standard InChI is InChI=1S/C14H14F3NO3/c1-8(19)12(13(20)21-2)11(18)7-9-3-5-10(6-4-9)14(15,16)17/h3-6,18-19H,7H2,1-2H3/b12-8+,18-11?. The maximum Gasteiger partial charge on any atom is 0.416 e. The maximum absolute atomic E-state index is 12.4. The molecule has 0 heterocycles. The summed E-state index contributed by atoms with van der Waals surface area (Å²) < 4.78 is 41.7. The van der Waals surface area contributed by atoms with E-state index in [9.17, 15) is 23.1 Å². The lowest BCUT2D eigenvalue weighted by Crippen LogP contribution is -2.18. The van der Waals surface area contributed by atoms with Gasteiger partial charge in [0, 0.05) is 6.42 Å². The molecule has 0 spiro atoms. The molecule has 1 aromatic rings. The van der Waals surface area contributed by atoms with E-state index in [0.717, 1.165) is 19.2 Å². The minimum atomic E-state index is -4.43. The van der Waals surface area contributed by atoms with Crippen molar-refractivity contribution in [1.82, 2.24) is 0 Å². The first-order valence-corrected chi connectivity index (χ1v) is 5.89. The highest BCUT2D eigenvalue weighted by Gasteiger charge is 2.30. The van der Waals surface area contributed by atoms with E-state index in [2.05, 4.69) is 4.74 Å². The minimum absolute atomic E-state index is 0.0968. The van der Waals surface area contributed by atoms with Crippen molar-refractivity contribution >= 4 is 11.7 Å². The van der Waals surface area contributed by atoms with Crippen LogP contribution >= 0.6 is 0 Å². The van der Waals surface area contributed by atoms with Crippen molar-refractivity contribution in [1.29, 1.82) is 5.41 Å². The zero-order valence-corrected chi connectivity index (χ0v) is 11.4. The first-order valence-electron chi connectivity index (χ1n) is 5.89. The van der Waals surface area contributed by atoms with E-state index >= 15 is 0 Å². The second kappa shape index (κ2) is 6.43. The summed E-state index contributed by atoms with van der Waals surface area (Å²) >= 11 is 0. The second-order valence-corrected chi connectivity index (χ2v) is 4.30. The average molecular weight is 301 g/mol. The molecule has 0 atom stereocenters. The van der Waals surface area contributed by atoms with Gasteiger partial charge < -0.3 is 15.3 Å². The molecule has 7 heteroatoms. The molecule has 114 valence electrons. The molecule has 0 amide bonds. The molecule has 0 fully saturated rings. The normalized spacial score (nSPS) is 12.6. The fraction of sp³-hybridized carbons (Fsp3) is 0.286. The zero-order chi connectivity index (χ0) is 16.2. The molecular weight excluding hydrogens is 287 g/mol. The number of hydrogen-bond acceptors (Lipinski definition) is 4. The van der Waals surface area contributed by atoms with Gasteiger partial charge in [-0.05, 0) is 24.6 Å². The van der Waals surface area contributed by atoms with E-state index in [1.165, 1.54) is 19.1 Å². The number of aliphatic hydroxyl groups is 1. The Morgan fingerprint density at radius 2 is 1.81 bits per heavy atom. The van der Waals surface area contributed by atoms with E-state index in [1.54, 1.807) is 0 Å². The highest BCUT2D eigenvalue weighted by molar-refractivity contribution is 6.19. The fourth-order valence-corrected chi connectivity index (χ4v) is 1.70. The van der Waals surface area contributed by atoms with Gasteiger partial charge in [0.15, 0.2) is 0 Å². The van der Waals surface area contributed by atoms with Crippen molar-refractivity contribution in [2.75, 3.05) is 7.11 Å². The highest BCUT2D eigenvalue weighted by atomic mass is 19.4. The van der Waals surface area contributed by atoms with Gasteiger partial charge in [0.25, 0.3) is 0 Å². The van der Waals surface area contributed by atoms with Gasteiger partial charge in [-0.15, -0.1) is 0 Å². The number of aliphatic hydroxyl groups excluding tert-OH is 1. The third-order valence-electron chi connectivity index (χ3n) is 2.72. The Labute approximate surface area is 119 Å². The molecule has 0 aromatic heterocycles. The van der Waals surface area contributed by atoms with Crippen molar-refractivity contribution in [2.45, 2.75) is 19.5 Å². The minimum Gasteiger partial charge on any atom is -0.512 e. The summed E-state index contributed by atoms with van der Waals surface area (Å²) in [5.74, 6) is -1.24. The van der Waals surface area contributed by atoms with Crippen LogP contribution in [0.15, 0.2) is 35.6 Å². The second-order valence-electron chi connectivity index (χ2n) is 4.30. The molecule has 0 aliphatic carbocycles. The number of hydrogen-bond donors (Lipinski definition) is 2. The number of methoxy groups -OCH3 is 1. The molecule has 0 saturated carbocycles. The molecular formula is C14H14F3NO3. The van der Waals surface area contributed by atoms with Crippen LogP contribution in [0.2, 0.25) is 0 Å². The highest BCUT2D eigenvalue weighted by Crippen LogP contribution is 2.29. The van der Waals surface area contributed by atoms with Crippen LogP contribution in [0.4, 0.5) is 13.2 Å². The van der Waals surface area contributed by atoms with Crippen molar-refractivity contribution in [3.05, 3.63) is 46.7 Å². The predicted molar refractivity (Wildman–Crippen MR) is 70.2 cm³/mol. The lowest BCUT2D eigenvalue weighted by molar-refractivity contribution is -0.137. The summed E-state index contributed by atoms with van der Waals surface area (Å²) in [6, 6.07) is 4.24. The molecule has 2 N–H and O–H groups in total. The van der Waals surface area contributed by atoms with Crippen molar-refractivity contribution in [3.63, 3.8) is 0 Å². The van der Waals surface area contributed by atoms with E-state index in [-0.39, 0.29) is 23.5 Å². The van der Waals surface area contributed by atoms with Crippen LogP contribution in [-0.4, -0.2) is 23.9 Å². The van der Waals surface area contributed by atoms with Gasteiger partial charge in [-0.1, -0.05) is 12.1 Å². The van der Waals surface area contributed by atoms with Crippen LogP contribution in [0.5, 0.6) is 0 Å². The average Bonchev–Trinajstić information content (AvgIpc) is 2.37. The van der Waals surface area contributed by atoms with Gasteiger partial charge in [0.1, 0.15) is 11.3 Å². The number of ether oxygens (including phenoxy) is 1. The summed E-state index contributed by atoms with van der Waals surface area (Å²) in [5.41, 5.74) is -0.908. The van der Waals surface area contributed by atoms with Crippen LogP contribution in [-0.2, 0) is 22.1 Å². The quantitative estimate of drug-likeness (QED) is 0.388. The van der Waals surface area contributed by atoms with Gasteiger partial charge in [0.2, 0.25) is 0 Å². The molecule has 0 aliphatic rings. The van der Waals surface area contributed by atoms with Crippen LogP contribution in [0.3, 0.4) is 0 Å². The van der Waals surface area contributed by atoms with E-state index in [0.29, 0.717) is 5.56 Å². The number of benzene rings is 1. The summed E-state index contributed by atoms with van der Waals surface area (Å²) in [6.45, 7) is 1.23. The Kier molecular flexibility index (Phi) is 5.12. The third-order valence-corrected chi connectivity index (χ3v) is 2.72. The predicted octanol–water partition coefficient (Wildman–Crippen LogP) is 3.27. The molecule has 0 unspecified atom stereocenters. The monoisotopic (exact) mass is 301 g/mol. The number of esters is 1.